The molecule has 5 heteroatoms. The van der Waals surface area contributed by atoms with Crippen LogP contribution in [0.3, 0.4) is 0 Å². The van der Waals surface area contributed by atoms with Gasteiger partial charge in [-0.1, -0.05) is 19.4 Å². The van der Waals surface area contributed by atoms with Crippen molar-refractivity contribution in [2.45, 2.75) is 57.4 Å². The minimum Gasteiger partial charge on any atom is -0.480 e. The summed E-state index contributed by atoms with van der Waals surface area (Å²) in [7, 11) is 0. The summed E-state index contributed by atoms with van der Waals surface area (Å²) in [6.45, 7) is 2.14. The topological polar surface area (TPSA) is 66.4 Å². The summed E-state index contributed by atoms with van der Waals surface area (Å²) in [4.78, 5) is 24.9. The van der Waals surface area contributed by atoms with Crippen LogP contribution >= 0.6 is 11.3 Å². The number of nitrogens with one attached hydrogen (secondary N) is 1. The highest BCUT2D eigenvalue weighted by Crippen LogP contribution is 2.34. The normalized spacial score (nSPS) is 25.5. The van der Waals surface area contributed by atoms with Gasteiger partial charge in [-0.25, -0.2) is 4.79 Å². The molecule has 116 valence electrons. The van der Waals surface area contributed by atoms with E-state index in [4.69, 9.17) is 0 Å². The van der Waals surface area contributed by atoms with Crippen molar-refractivity contribution in [2.75, 3.05) is 0 Å². The highest BCUT2D eigenvalue weighted by molar-refractivity contribution is 7.09. The van der Waals surface area contributed by atoms with E-state index in [2.05, 4.69) is 12.2 Å². The molecule has 2 rings (SSSR count). The monoisotopic (exact) mass is 309 g/mol. The third-order valence-corrected chi connectivity index (χ3v) is 5.44. The minimum absolute atomic E-state index is 0.152. The lowest BCUT2D eigenvalue weighted by Gasteiger charge is -2.37. The molecule has 1 aliphatic rings. The van der Waals surface area contributed by atoms with Crippen LogP contribution in [0, 0.1) is 5.92 Å². The number of carbonyl (C=O) groups excluding carboxylic acids is 1. The number of carbonyl (C=O) groups is 2. The minimum atomic E-state index is -1.04. The highest BCUT2D eigenvalue weighted by Gasteiger charge is 2.42. The van der Waals surface area contributed by atoms with Gasteiger partial charge in [0, 0.05) is 11.3 Å². The van der Waals surface area contributed by atoms with Crippen molar-refractivity contribution in [3.63, 3.8) is 0 Å². The predicted molar refractivity (Wildman–Crippen MR) is 83.4 cm³/mol. The molecular formula is C16H23NO3S. The maximum atomic E-state index is 12.1. The molecule has 0 atom stereocenters. The Labute approximate surface area is 129 Å². The Hall–Kier alpha value is -1.36. The second-order valence-electron chi connectivity index (χ2n) is 5.87. The van der Waals surface area contributed by atoms with Crippen molar-refractivity contribution in [1.82, 2.24) is 5.32 Å². The lowest BCUT2D eigenvalue weighted by molar-refractivity contribution is -0.149. The van der Waals surface area contributed by atoms with Gasteiger partial charge in [-0.2, -0.15) is 0 Å². The van der Waals surface area contributed by atoms with Crippen LogP contribution in [0.25, 0.3) is 0 Å². The third kappa shape index (κ3) is 4.06. The second-order valence-corrected chi connectivity index (χ2v) is 6.90. The molecule has 1 amide bonds. The van der Waals surface area contributed by atoms with Gasteiger partial charge in [0.05, 0.1) is 0 Å². The molecule has 1 fully saturated rings. The first-order valence-corrected chi connectivity index (χ1v) is 8.50. The Balaban J connectivity index is 1.90. The maximum Gasteiger partial charge on any atom is 0.329 e. The molecule has 4 nitrogen and oxygen atoms in total. The van der Waals surface area contributed by atoms with Crippen LogP contribution in [-0.4, -0.2) is 22.5 Å². The van der Waals surface area contributed by atoms with Crippen LogP contribution in [0.1, 0.15) is 50.3 Å². The summed E-state index contributed by atoms with van der Waals surface area (Å²) in [5.74, 6) is -0.442. The molecule has 0 spiro atoms. The Morgan fingerprint density at radius 2 is 2.14 bits per heavy atom. The molecule has 1 heterocycles. The fourth-order valence-corrected chi connectivity index (χ4v) is 3.70. The average Bonchev–Trinajstić information content (AvgIpc) is 2.99. The second kappa shape index (κ2) is 7.07. The van der Waals surface area contributed by atoms with Crippen molar-refractivity contribution in [1.29, 1.82) is 0 Å². The Kier molecular flexibility index (Phi) is 5.39. The van der Waals surface area contributed by atoms with E-state index in [1.54, 1.807) is 11.3 Å². The largest absolute Gasteiger partial charge is 0.480 e. The van der Waals surface area contributed by atoms with Gasteiger partial charge in [0.2, 0.25) is 5.91 Å². The lowest BCUT2D eigenvalue weighted by atomic mass is 9.75. The van der Waals surface area contributed by atoms with Gasteiger partial charge in [-0.3, -0.25) is 4.79 Å². The molecule has 1 aromatic heterocycles. The number of aryl methyl sites for hydroxylation is 1. The fraction of sp³-hybridized carbons (Fsp3) is 0.625. The van der Waals surface area contributed by atoms with Gasteiger partial charge in [0.1, 0.15) is 5.54 Å². The number of hydrogen-bond donors (Lipinski definition) is 2. The quantitative estimate of drug-likeness (QED) is 0.848. The predicted octanol–water partition coefficient (Wildman–Crippen LogP) is 3.22. The van der Waals surface area contributed by atoms with Gasteiger partial charge < -0.3 is 10.4 Å². The van der Waals surface area contributed by atoms with Crippen molar-refractivity contribution < 1.29 is 14.7 Å². The first kappa shape index (κ1) is 16.0. The van der Waals surface area contributed by atoms with Crippen LogP contribution in [0.4, 0.5) is 0 Å². The molecule has 0 radical (unpaired) electrons. The third-order valence-electron chi connectivity index (χ3n) is 4.50. The number of carboxylic acid groups (broad SMARTS) is 1. The molecule has 0 aromatic carbocycles. The number of aliphatic carboxylic acids is 1. The molecular weight excluding hydrogens is 286 g/mol. The first-order chi connectivity index (χ1) is 10.1. The highest BCUT2D eigenvalue weighted by atomic mass is 32.1. The van der Waals surface area contributed by atoms with Crippen LogP contribution in [0.5, 0.6) is 0 Å². The Bertz CT molecular complexity index is 476. The summed E-state index contributed by atoms with van der Waals surface area (Å²) in [6.07, 6.45) is 4.98. The zero-order valence-electron chi connectivity index (χ0n) is 12.4. The van der Waals surface area contributed by atoms with Crippen LogP contribution in [0.2, 0.25) is 0 Å². The van der Waals surface area contributed by atoms with Crippen molar-refractivity contribution >= 4 is 23.2 Å². The van der Waals surface area contributed by atoms with E-state index in [1.807, 2.05) is 17.5 Å². The summed E-state index contributed by atoms with van der Waals surface area (Å²) in [5, 5.41) is 14.3. The molecule has 0 bridgehead atoms. The van der Waals surface area contributed by atoms with Crippen LogP contribution in [0.15, 0.2) is 17.5 Å². The van der Waals surface area contributed by atoms with Gasteiger partial charge >= 0.3 is 5.97 Å². The summed E-state index contributed by atoms with van der Waals surface area (Å²) >= 11 is 1.62. The van der Waals surface area contributed by atoms with Crippen LogP contribution < -0.4 is 5.32 Å². The van der Waals surface area contributed by atoms with E-state index < -0.39 is 11.5 Å². The van der Waals surface area contributed by atoms with E-state index >= 15 is 0 Å². The number of hydrogen-bond acceptors (Lipinski definition) is 3. The number of amides is 1. The molecule has 0 aliphatic heterocycles. The number of thiophene rings is 1. The average molecular weight is 309 g/mol. The van der Waals surface area contributed by atoms with E-state index in [1.165, 1.54) is 0 Å². The standard InChI is InChI=1S/C16H23NO3S/c1-2-12-7-9-16(10-8-12,15(19)20)17-14(18)6-5-13-4-3-11-21-13/h3-4,11-12H,2,5-10H2,1H3,(H,17,18)(H,19,20). The van der Waals surface area contributed by atoms with Gasteiger partial charge in [-0.15, -0.1) is 11.3 Å². The molecule has 1 saturated carbocycles. The van der Waals surface area contributed by atoms with Gasteiger partial charge in [0.15, 0.2) is 0 Å². The van der Waals surface area contributed by atoms with Gasteiger partial charge in [0.25, 0.3) is 0 Å². The molecule has 1 aliphatic carbocycles. The lowest BCUT2D eigenvalue weighted by Crippen LogP contribution is -2.56. The molecule has 0 unspecified atom stereocenters. The molecule has 2 N–H and O–H groups in total. The number of carboxylic acids is 1. The Morgan fingerprint density at radius 1 is 1.43 bits per heavy atom. The van der Waals surface area contributed by atoms with Crippen molar-refractivity contribution in [2.24, 2.45) is 5.92 Å². The molecule has 21 heavy (non-hydrogen) atoms. The molecule has 1 aromatic rings. The maximum absolute atomic E-state index is 12.1. The first-order valence-electron chi connectivity index (χ1n) is 7.62. The fourth-order valence-electron chi connectivity index (χ4n) is 2.99. The summed E-state index contributed by atoms with van der Waals surface area (Å²) in [5.41, 5.74) is -1.04. The van der Waals surface area contributed by atoms with Crippen molar-refractivity contribution in [3.8, 4) is 0 Å². The van der Waals surface area contributed by atoms with Gasteiger partial charge in [-0.05, 0) is 49.5 Å². The van der Waals surface area contributed by atoms with Crippen LogP contribution in [-0.2, 0) is 16.0 Å². The number of rotatable bonds is 6. The van der Waals surface area contributed by atoms with Crippen molar-refractivity contribution in [3.05, 3.63) is 22.4 Å². The summed E-state index contributed by atoms with van der Waals surface area (Å²) < 4.78 is 0. The zero-order valence-corrected chi connectivity index (χ0v) is 13.2. The summed E-state index contributed by atoms with van der Waals surface area (Å²) in [6, 6.07) is 3.96. The van der Waals surface area contributed by atoms with E-state index in [9.17, 15) is 14.7 Å². The van der Waals surface area contributed by atoms with E-state index in [0.717, 1.165) is 24.1 Å². The van der Waals surface area contributed by atoms with E-state index in [-0.39, 0.29) is 5.91 Å². The molecule has 0 saturated heterocycles. The SMILES string of the molecule is CCC1CCC(NC(=O)CCc2cccs2)(C(=O)O)CC1. The Morgan fingerprint density at radius 3 is 2.67 bits per heavy atom. The smallest absolute Gasteiger partial charge is 0.329 e. The van der Waals surface area contributed by atoms with E-state index in [0.29, 0.717) is 31.6 Å². The zero-order chi connectivity index (χ0) is 15.3.